The molecule has 0 amide bonds. The van der Waals surface area contributed by atoms with Gasteiger partial charge in [0, 0.05) is 0 Å². The molecule has 0 heterocycles. The average molecular weight is 275 g/mol. The number of aryl methyl sites for hydroxylation is 2. The van der Waals surface area contributed by atoms with Crippen LogP contribution in [0.3, 0.4) is 0 Å². The highest BCUT2D eigenvalue weighted by Gasteiger charge is 2.16. The van der Waals surface area contributed by atoms with Gasteiger partial charge < -0.3 is 0 Å². The number of ketones is 1. The molecule has 0 radical (unpaired) electrons. The van der Waals surface area contributed by atoms with Crippen molar-refractivity contribution in [3.8, 4) is 0 Å². The minimum atomic E-state index is -3.76. The van der Waals surface area contributed by atoms with Crippen molar-refractivity contribution in [1.82, 2.24) is 0 Å². The Balaban J connectivity index is 2.47. The largest absolute Gasteiger partial charge is 0.290 e. The molecule has 5 heteroatoms. The lowest BCUT2D eigenvalue weighted by molar-refractivity contribution is -0.110. The first-order valence-electron chi connectivity index (χ1n) is 5.71. The Morgan fingerprint density at radius 1 is 1.00 bits per heavy atom. The van der Waals surface area contributed by atoms with Crippen LogP contribution < -0.4 is 0 Å². The molecule has 19 heavy (non-hydrogen) atoms. The topological polar surface area (TPSA) is 63.6 Å². The van der Waals surface area contributed by atoms with Crippen LogP contribution in [0.25, 0.3) is 0 Å². The lowest BCUT2D eigenvalue weighted by atomic mass is 10.2. The van der Waals surface area contributed by atoms with Crippen molar-refractivity contribution in [1.29, 1.82) is 0 Å². The standard InChI is InChI=1S/C14H13NO3S/c1-10-3-4-11(2)14(9-10)19(17,18)15-12-5-7-13(16)8-6-12/h3-9H,1-2H3. The summed E-state index contributed by atoms with van der Waals surface area (Å²) in [6, 6.07) is 5.19. The summed E-state index contributed by atoms with van der Waals surface area (Å²) < 4.78 is 28.2. The molecule has 0 atom stereocenters. The Morgan fingerprint density at radius 2 is 1.63 bits per heavy atom. The highest BCUT2D eigenvalue weighted by molar-refractivity contribution is 7.90. The van der Waals surface area contributed by atoms with E-state index in [9.17, 15) is 13.2 Å². The van der Waals surface area contributed by atoms with Gasteiger partial charge in [0.15, 0.2) is 5.78 Å². The SMILES string of the molecule is Cc1ccc(C)c(S(=O)(=O)N=C2C=CC(=O)C=C2)c1. The Morgan fingerprint density at radius 3 is 2.26 bits per heavy atom. The summed E-state index contributed by atoms with van der Waals surface area (Å²) in [6.45, 7) is 3.55. The van der Waals surface area contributed by atoms with Gasteiger partial charge >= 0.3 is 0 Å². The van der Waals surface area contributed by atoms with E-state index in [-0.39, 0.29) is 16.4 Å². The van der Waals surface area contributed by atoms with Crippen LogP contribution in [0.15, 0.2) is 51.8 Å². The predicted molar refractivity (Wildman–Crippen MR) is 73.8 cm³/mol. The molecular formula is C14H13NO3S. The maximum atomic E-state index is 12.2. The molecule has 1 aliphatic rings. The van der Waals surface area contributed by atoms with Crippen LogP contribution >= 0.6 is 0 Å². The smallest absolute Gasteiger partial charge is 0.283 e. The maximum absolute atomic E-state index is 12.2. The van der Waals surface area contributed by atoms with E-state index < -0.39 is 10.0 Å². The maximum Gasteiger partial charge on any atom is 0.283 e. The molecule has 0 saturated heterocycles. The number of sulfonamides is 1. The molecule has 2 rings (SSSR count). The fraction of sp³-hybridized carbons (Fsp3) is 0.143. The summed E-state index contributed by atoms with van der Waals surface area (Å²) >= 11 is 0. The van der Waals surface area contributed by atoms with Gasteiger partial charge in [0.05, 0.1) is 10.6 Å². The van der Waals surface area contributed by atoms with E-state index in [1.54, 1.807) is 19.1 Å². The summed E-state index contributed by atoms with van der Waals surface area (Å²) in [5.41, 5.74) is 1.75. The Hall–Kier alpha value is -2.01. The molecular weight excluding hydrogens is 262 g/mol. The molecule has 0 N–H and O–H groups in total. The number of nitrogens with zero attached hydrogens (tertiary/aromatic N) is 1. The van der Waals surface area contributed by atoms with E-state index in [4.69, 9.17) is 0 Å². The van der Waals surface area contributed by atoms with Gasteiger partial charge in [-0.2, -0.15) is 12.8 Å². The van der Waals surface area contributed by atoms with Crippen molar-refractivity contribution in [2.24, 2.45) is 4.40 Å². The third-order valence-corrected chi connectivity index (χ3v) is 4.13. The Kier molecular flexibility index (Phi) is 3.48. The second-order valence-corrected chi connectivity index (χ2v) is 5.90. The van der Waals surface area contributed by atoms with Gasteiger partial charge in [-0.05, 0) is 55.3 Å². The van der Waals surface area contributed by atoms with E-state index in [0.717, 1.165) is 5.56 Å². The van der Waals surface area contributed by atoms with Crippen molar-refractivity contribution in [3.05, 3.63) is 53.6 Å². The normalized spacial score (nSPS) is 14.8. The molecule has 98 valence electrons. The van der Waals surface area contributed by atoms with E-state index in [1.165, 1.54) is 24.3 Å². The van der Waals surface area contributed by atoms with Gasteiger partial charge in [-0.15, -0.1) is 0 Å². The minimum Gasteiger partial charge on any atom is -0.290 e. The highest BCUT2D eigenvalue weighted by Crippen LogP contribution is 2.19. The van der Waals surface area contributed by atoms with Crippen molar-refractivity contribution in [3.63, 3.8) is 0 Å². The number of carbonyl (C=O) groups excluding carboxylic acids is 1. The molecule has 1 aromatic rings. The van der Waals surface area contributed by atoms with Crippen LogP contribution in [-0.2, 0) is 14.8 Å². The zero-order valence-electron chi connectivity index (χ0n) is 10.6. The second-order valence-electron chi connectivity index (χ2n) is 4.33. The molecule has 0 spiro atoms. The van der Waals surface area contributed by atoms with Crippen molar-refractivity contribution >= 4 is 21.5 Å². The monoisotopic (exact) mass is 275 g/mol. The van der Waals surface area contributed by atoms with Crippen LogP contribution in [0, 0.1) is 13.8 Å². The lowest BCUT2D eigenvalue weighted by Gasteiger charge is -2.06. The van der Waals surface area contributed by atoms with E-state index in [0.29, 0.717) is 5.56 Å². The van der Waals surface area contributed by atoms with Crippen molar-refractivity contribution in [2.45, 2.75) is 18.7 Å². The number of carbonyl (C=O) groups is 1. The fourth-order valence-electron chi connectivity index (χ4n) is 1.68. The molecule has 0 saturated carbocycles. The third-order valence-electron chi connectivity index (χ3n) is 2.68. The number of allylic oxidation sites excluding steroid dienone is 4. The average Bonchev–Trinajstić information content (AvgIpc) is 2.35. The number of benzene rings is 1. The zero-order chi connectivity index (χ0) is 14.0. The van der Waals surface area contributed by atoms with Crippen LogP contribution in [-0.4, -0.2) is 19.9 Å². The first kappa shape index (κ1) is 13.4. The highest BCUT2D eigenvalue weighted by atomic mass is 32.2. The third kappa shape index (κ3) is 3.06. The molecule has 0 unspecified atom stereocenters. The van der Waals surface area contributed by atoms with Crippen LogP contribution in [0.5, 0.6) is 0 Å². The minimum absolute atomic E-state index is 0.178. The summed E-state index contributed by atoms with van der Waals surface area (Å²) in [4.78, 5) is 11.2. The number of hydrogen-bond acceptors (Lipinski definition) is 3. The fourth-order valence-corrected chi connectivity index (χ4v) is 2.99. The van der Waals surface area contributed by atoms with Gasteiger partial charge in [-0.25, -0.2) is 0 Å². The predicted octanol–water partition coefficient (Wildman–Crippen LogP) is 2.13. The van der Waals surface area contributed by atoms with Crippen molar-refractivity contribution in [2.75, 3.05) is 0 Å². The first-order valence-corrected chi connectivity index (χ1v) is 7.15. The molecule has 0 aliphatic heterocycles. The first-order chi connectivity index (χ1) is 8.88. The van der Waals surface area contributed by atoms with Gasteiger partial charge in [-0.1, -0.05) is 12.1 Å². The molecule has 1 aliphatic carbocycles. The zero-order valence-corrected chi connectivity index (χ0v) is 11.4. The second kappa shape index (κ2) is 4.93. The molecule has 0 fully saturated rings. The summed E-state index contributed by atoms with van der Waals surface area (Å²) in [7, 11) is -3.76. The molecule has 0 bridgehead atoms. The number of rotatable bonds is 2. The van der Waals surface area contributed by atoms with E-state index in [2.05, 4.69) is 4.40 Å². The summed E-state index contributed by atoms with van der Waals surface area (Å²) in [6.07, 6.45) is 5.37. The van der Waals surface area contributed by atoms with Gasteiger partial charge in [0.1, 0.15) is 0 Å². The van der Waals surface area contributed by atoms with E-state index >= 15 is 0 Å². The molecule has 4 nitrogen and oxygen atoms in total. The van der Waals surface area contributed by atoms with E-state index in [1.807, 2.05) is 13.0 Å². The van der Waals surface area contributed by atoms with Crippen LogP contribution in [0.1, 0.15) is 11.1 Å². The summed E-state index contributed by atoms with van der Waals surface area (Å²) in [5, 5.41) is 0. The van der Waals surface area contributed by atoms with Gasteiger partial charge in [0.25, 0.3) is 10.0 Å². The van der Waals surface area contributed by atoms with Crippen LogP contribution in [0.2, 0.25) is 0 Å². The molecule has 0 aromatic heterocycles. The lowest BCUT2D eigenvalue weighted by Crippen LogP contribution is -2.06. The quantitative estimate of drug-likeness (QED) is 0.777. The molecule has 1 aromatic carbocycles. The Bertz CT molecular complexity index is 707. The Labute approximate surface area is 112 Å². The summed E-state index contributed by atoms with van der Waals surface area (Å²) in [5.74, 6) is -0.178. The number of hydrogen-bond donors (Lipinski definition) is 0. The van der Waals surface area contributed by atoms with Crippen molar-refractivity contribution < 1.29 is 13.2 Å². The van der Waals surface area contributed by atoms with Gasteiger partial charge in [0.2, 0.25) is 0 Å². The van der Waals surface area contributed by atoms with Crippen LogP contribution in [0.4, 0.5) is 0 Å². The van der Waals surface area contributed by atoms with Gasteiger partial charge in [-0.3, -0.25) is 4.79 Å².